The Morgan fingerprint density at radius 3 is 2.81 bits per heavy atom. The number of nitrogens with one attached hydrogen (secondary N) is 1. The number of hydrogen-bond acceptors (Lipinski definition) is 1. The molecule has 1 aliphatic carbocycles. The molecule has 1 aliphatic rings. The molecule has 0 radical (unpaired) electrons. The van der Waals surface area contributed by atoms with Crippen LogP contribution in [0, 0.1) is 17.8 Å². The lowest BCUT2D eigenvalue weighted by Crippen LogP contribution is -2.33. The van der Waals surface area contributed by atoms with Gasteiger partial charge in [-0.15, -0.1) is 6.58 Å². The lowest BCUT2D eigenvalue weighted by molar-refractivity contribution is 0.176. The Bertz CT molecular complexity index is 188. The minimum absolute atomic E-state index is 0.919. The van der Waals surface area contributed by atoms with E-state index >= 15 is 0 Å². The summed E-state index contributed by atoms with van der Waals surface area (Å²) in [5, 5.41) is 3.60. The molecule has 1 N–H and O–H groups in total. The van der Waals surface area contributed by atoms with Crippen LogP contribution < -0.4 is 5.32 Å². The standard InChI is InChI=1S/C15H29N/c1-4-6-7-14-11-13(3)8-9-15(14)12-16-10-5-2/h4,13-16H,1,5-12H2,2-3H3. The monoisotopic (exact) mass is 223 g/mol. The van der Waals surface area contributed by atoms with Crippen LogP contribution in [-0.2, 0) is 0 Å². The summed E-state index contributed by atoms with van der Waals surface area (Å²) >= 11 is 0. The Morgan fingerprint density at radius 1 is 1.31 bits per heavy atom. The van der Waals surface area contributed by atoms with Gasteiger partial charge in [0, 0.05) is 0 Å². The van der Waals surface area contributed by atoms with Gasteiger partial charge in [0.05, 0.1) is 0 Å². The molecular weight excluding hydrogens is 194 g/mol. The number of allylic oxidation sites excluding steroid dienone is 1. The smallest absolute Gasteiger partial charge is 0.00179 e. The zero-order valence-electron chi connectivity index (χ0n) is 11.2. The first-order valence-electron chi connectivity index (χ1n) is 7.09. The number of rotatable bonds is 7. The maximum absolute atomic E-state index is 3.85. The third kappa shape index (κ3) is 4.69. The molecule has 16 heavy (non-hydrogen) atoms. The van der Waals surface area contributed by atoms with E-state index in [1.807, 2.05) is 0 Å². The molecule has 1 heteroatoms. The molecule has 94 valence electrons. The number of hydrogen-bond donors (Lipinski definition) is 1. The van der Waals surface area contributed by atoms with Crippen LogP contribution in [0.4, 0.5) is 0 Å². The lowest BCUT2D eigenvalue weighted by Gasteiger charge is -2.35. The van der Waals surface area contributed by atoms with Crippen molar-refractivity contribution < 1.29 is 0 Å². The van der Waals surface area contributed by atoms with Crippen molar-refractivity contribution >= 4 is 0 Å². The second-order valence-electron chi connectivity index (χ2n) is 5.51. The van der Waals surface area contributed by atoms with E-state index in [2.05, 4.69) is 31.8 Å². The van der Waals surface area contributed by atoms with Crippen LogP contribution >= 0.6 is 0 Å². The molecule has 0 saturated heterocycles. The van der Waals surface area contributed by atoms with Gasteiger partial charge in [-0.25, -0.2) is 0 Å². The second kappa shape index (κ2) is 7.89. The van der Waals surface area contributed by atoms with Crippen LogP contribution in [-0.4, -0.2) is 13.1 Å². The third-order valence-electron chi connectivity index (χ3n) is 3.98. The molecule has 1 saturated carbocycles. The van der Waals surface area contributed by atoms with Crippen LogP contribution in [0.15, 0.2) is 12.7 Å². The Kier molecular flexibility index (Phi) is 6.79. The predicted octanol–water partition coefficient (Wildman–Crippen LogP) is 4.00. The van der Waals surface area contributed by atoms with Gasteiger partial charge in [0.1, 0.15) is 0 Å². The van der Waals surface area contributed by atoms with Crippen molar-refractivity contribution in [3.05, 3.63) is 12.7 Å². The summed E-state index contributed by atoms with van der Waals surface area (Å²) in [7, 11) is 0. The molecular formula is C15H29N. The fraction of sp³-hybridized carbons (Fsp3) is 0.867. The fourth-order valence-corrected chi connectivity index (χ4v) is 2.98. The highest BCUT2D eigenvalue weighted by atomic mass is 14.9. The predicted molar refractivity (Wildman–Crippen MR) is 72.6 cm³/mol. The van der Waals surface area contributed by atoms with Crippen molar-refractivity contribution in [2.45, 2.75) is 52.4 Å². The molecule has 0 aromatic rings. The van der Waals surface area contributed by atoms with Crippen molar-refractivity contribution in [2.75, 3.05) is 13.1 Å². The summed E-state index contributed by atoms with van der Waals surface area (Å²) < 4.78 is 0. The summed E-state index contributed by atoms with van der Waals surface area (Å²) in [5.74, 6) is 2.80. The normalized spacial score (nSPS) is 30.2. The van der Waals surface area contributed by atoms with Crippen molar-refractivity contribution in [2.24, 2.45) is 17.8 Å². The summed E-state index contributed by atoms with van der Waals surface area (Å²) in [4.78, 5) is 0. The Labute approximate surface area is 102 Å². The maximum Gasteiger partial charge on any atom is -0.00179 e. The van der Waals surface area contributed by atoms with Gasteiger partial charge in [-0.3, -0.25) is 0 Å². The Hall–Kier alpha value is -0.300. The maximum atomic E-state index is 3.85. The van der Waals surface area contributed by atoms with Crippen LogP contribution in [0.2, 0.25) is 0 Å². The van der Waals surface area contributed by atoms with Gasteiger partial charge in [0.15, 0.2) is 0 Å². The van der Waals surface area contributed by atoms with Gasteiger partial charge in [-0.1, -0.05) is 26.3 Å². The van der Waals surface area contributed by atoms with Crippen LogP contribution in [0.3, 0.4) is 0 Å². The molecule has 0 aromatic carbocycles. The van der Waals surface area contributed by atoms with E-state index in [4.69, 9.17) is 0 Å². The van der Waals surface area contributed by atoms with Crippen LogP contribution in [0.25, 0.3) is 0 Å². The van der Waals surface area contributed by atoms with Gasteiger partial charge < -0.3 is 5.32 Å². The minimum atomic E-state index is 0.919. The summed E-state index contributed by atoms with van der Waals surface area (Å²) in [6.45, 7) is 10.9. The minimum Gasteiger partial charge on any atom is -0.316 e. The van der Waals surface area contributed by atoms with E-state index in [1.54, 1.807) is 0 Å². The van der Waals surface area contributed by atoms with E-state index < -0.39 is 0 Å². The van der Waals surface area contributed by atoms with Gasteiger partial charge in [0.2, 0.25) is 0 Å². The fourth-order valence-electron chi connectivity index (χ4n) is 2.98. The highest BCUT2D eigenvalue weighted by Crippen LogP contribution is 2.36. The van der Waals surface area contributed by atoms with Crippen molar-refractivity contribution in [1.29, 1.82) is 0 Å². The summed E-state index contributed by atoms with van der Waals surface area (Å²) in [6, 6.07) is 0. The highest BCUT2D eigenvalue weighted by molar-refractivity contribution is 4.82. The van der Waals surface area contributed by atoms with E-state index in [0.717, 1.165) is 17.8 Å². The molecule has 0 spiro atoms. The van der Waals surface area contributed by atoms with Crippen LogP contribution in [0.1, 0.15) is 52.4 Å². The van der Waals surface area contributed by atoms with Gasteiger partial charge >= 0.3 is 0 Å². The van der Waals surface area contributed by atoms with Crippen molar-refractivity contribution in [1.82, 2.24) is 5.32 Å². The Balaban J connectivity index is 2.34. The zero-order chi connectivity index (χ0) is 11.8. The lowest BCUT2D eigenvalue weighted by atomic mass is 9.73. The topological polar surface area (TPSA) is 12.0 Å². The summed E-state index contributed by atoms with van der Waals surface area (Å²) in [6.07, 6.45) is 10.2. The molecule has 1 fully saturated rings. The third-order valence-corrected chi connectivity index (χ3v) is 3.98. The van der Waals surface area contributed by atoms with E-state index in [9.17, 15) is 0 Å². The molecule has 1 rings (SSSR count). The first kappa shape index (κ1) is 13.8. The largest absolute Gasteiger partial charge is 0.316 e. The second-order valence-corrected chi connectivity index (χ2v) is 5.51. The van der Waals surface area contributed by atoms with E-state index in [-0.39, 0.29) is 0 Å². The molecule has 0 amide bonds. The zero-order valence-corrected chi connectivity index (χ0v) is 11.2. The SMILES string of the molecule is C=CCCC1CC(C)CCC1CNCCC. The molecule has 3 unspecified atom stereocenters. The molecule has 0 aliphatic heterocycles. The van der Waals surface area contributed by atoms with E-state index in [1.165, 1.54) is 51.6 Å². The van der Waals surface area contributed by atoms with Gasteiger partial charge in [-0.05, 0) is 62.9 Å². The van der Waals surface area contributed by atoms with Crippen LogP contribution in [0.5, 0.6) is 0 Å². The first-order chi connectivity index (χ1) is 7.77. The van der Waals surface area contributed by atoms with Crippen molar-refractivity contribution in [3.8, 4) is 0 Å². The van der Waals surface area contributed by atoms with E-state index in [0.29, 0.717) is 0 Å². The molecule has 3 atom stereocenters. The average molecular weight is 223 g/mol. The van der Waals surface area contributed by atoms with Crippen molar-refractivity contribution in [3.63, 3.8) is 0 Å². The molecule has 0 heterocycles. The Morgan fingerprint density at radius 2 is 2.12 bits per heavy atom. The average Bonchev–Trinajstić information content (AvgIpc) is 2.29. The molecule has 0 bridgehead atoms. The molecule has 0 aromatic heterocycles. The first-order valence-corrected chi connectivity index (χ1v) is 7.09. The van der Waals surface area contributed by atoms with Gasteiger partial charge in [-0.2, -0.15) is 0 Å². The quantitative estimate of drug-likeness (QED) is 0.508. The van der Waals surface area contributed by atoms with Gasteiger partial charge in [0.25, 0.3) is 0 Å². The highest BCUT2D eigenvalue weighted by Gasteiger charge is 2.27. The molecule has 1 nitrogen and oxygen atoms in total. The summed E-state index contributed by atoms with van der Waals surface area (Å²) in [5.41, 5.74) is 0.